The molecule has 140 valence electrons. The van der Waals surface area contributed by atoms with E-state index in [0.29, 0.717) is 12.6 Å². The van der Waals surface area contributed by atoms with Crippen LogP contribution in [0.2, 0.25) is 0 Å². The smallest absolute Gasteiger partial charge is 0.124 e. The molecule has 1 atom stereocenters. The highest BCUT2D eigenvalue weighted by molar-refractivity contribution is 5.36. The normalized spacial score (nSPS) is 16.3. The Kier molecular flexibility index (Phi) is 7.53. The van der Waals surface area contributed by atoms with E-state index in [4.69, 9.17) is 4.74 Å². The molecule has 1 N–H and O–H groups in total. The van der Waals surface area contributed by atoms with Gasteiger partial charge in [-0.05, 0) is 18.1 Å². The third-order valence-corrected chi connectivity index (χ3v) is 5.19. The molecule has 3 rings (SSSR count). The molecule has 1 saturated heterocycles. The number of hydrogen-bond donors (Lipinski definition) is 1. The first kappa shape index (κ1) is 18.9. The minimum atomic E-state index is 0.454. The van der Waals surface area contributed by atoms with Gasteiger partial charge in [-0.3, -0.25) is 4.90 Å². The molecule has 26 heavy (non-hydrogen) atoms. The standard InChI is InChI=1S/C23H32N2O/c1-2-3-5-13-22(25-17-15-24-16-18-25)21-12-8-9-14-23(21)26-19-20-10-6-4-7-11-20/h4,6-12,14,22,24H,2-3,5,13,15-19H2,1H3/t22-/m0/s1. The van der Waals surface area contributed by atoms with E-state index in [1.165, 1.54) is 36.8 Å². The van der Waals surface area contributed by atoms with Crippen molar-refractivity contribution in [2.24, 2.45) is 0 Å². The van der Waals surface area contributed by atoms with Gasteiger partial charge in [0.25, 0.3) is 0 Å². The van der Waals surface area contributed by atoms with E-state index in [-0.39, 0.29) is 0 Å². The third-order valence-electron chi connectivity index (χ3n) is 5.19. The summed E-state index contributed by atoms with van der Waals surface area (Å²) in [6.07, 6.45) is 5.05. The summed E-state index contributed by atoms with van der Waals surface area (Å²) in [6.45, 7) is 7.29. The van der Waals surface area contributed by atoms with Crippen LogP contribution in [0, 0.1) is 0 Å². The second-order valence-electron chi connectivity index (χ2n) is 7.11. The molecule has 3 heteroatoms. The molecule has 0 aromatic heterocycles. The number of nitrogens with one attached hydrogen (secondary N) is 1. The average molecular weight is 353 g/mol. The molecule has 0 amide bonds. The monoisotopic (exact) mass is 352 g/mol. The van der Waals surface area contributed by atoms with Crippen LogP contribution in [0.25, 0.3) is 0 Å². The number of benzene rings is 2. The summed E-state index contributed by atoms with van der Waals surface area (Å²) in [6, 6.07) is 19.5. The van der Waals surface area contributed by atoms with E-state index in [9.17, 15) is 0 Å². The van der Waals surface area contributed by atoms with Gasteiger partial charge in [-0.25, -0.2) is 0 Å². The molecule has 3 nitrogen and oxygen atoms in total. The van der Waals surface area contributed by atoms with Gasteiger partial charge in [-0.1, -0.05) is 74.7 Å². The summed E-state index contributed by atoms with van der Waals surface area (Å²) >= 11 is 0. The fourth-order valence-corrected chi connectivity index (χ4v) is 3.74. The van der Waals surface area contributed by atoms with Crippen LogP contribution < -0.4 is 10.1 Å². The first-order chi connectivity index (χ1) is 12.9. The van der Waals surface area contributed by atoms with Crippen molar-refractivity contribution in [3.8, 4) is 5.75 Å². The Morgan fingerprint density at radius 3 is 2.46 bits per heavy atom. The first-order valence-corrected chi connectivity index (χ1v) is 10.1. The van der Waals surface area contributed by atoms with Crippen LogP contribution in [0.1, 0.15) is 49.8 Å². The second-order valence-corrected chi connectivity index (χ2v) is 7.11. The van der Waals surface area contributed by atoms with Gasteiger partial charge in [0, 0.05) is 37.8 Å². The predicted octanol–water partition coefficient (Wildman–Crippen LogP) is 4.79. The second kappa shape index (κ2) is 10.3. The minimum absolute atomic E-state index is 0.454. The van der Waals surface area contributed by atoms with Crippen molar-refractivity contribution in [1.82, 2.24) is 10.2 Å². The molecule has 2 aromatic carbocycles. The lowest BCUT2D eigenvalue weighted by molar-refractivity contribution is 0.158. The Morgan fingerprint density at radius 1 is 0.962 bits per heavy atom. The summed E-state index contributed by atoms with van der Waals surface area (Å²) in [7, 11) is 0. The number of unbranched alkanes of at least 4 members (excludes halogenated alkanes) is 2. The molecule has 1 heterocycles. The lowest BCUT2D eigenvalue weighted by Crippen LogP contribution is -2.45. The third kappa shape index (κ3) is 5.33. The maximum absolute atomic E-state index is 6.26. The molecular weight excluding hydrogens is 320 g/mol. The van der Waals surface area contributed by atoms with Gasteiger partial charge < -0.3 is 10.1 Å². The molecule has 0 unspecified atom stereocenters. The van der Waals surface area contributed by atoms with Crippen molar-refractivity contribution >= 4 is 0 Å². The molecule has 2 aromatic rings. The van der Waals surface area contributed by atoms with Gasteiger partial charge in [0.2, 0.25) is 0 Å². The largest absolute Gasteiger partial charge is 0.489 e. The van der Waals surface area contributed by atoms with Crippen molar-refractivity contribution in [2.75, 3.05) is 26.2 Å². The van der Waals surface area contributed by atoms with Gasteiger partial charge in [0.15, 0.2) is 0 Å². The van der Waals surface area contributed by atoms with Crippen LogP contribution in [-0.2, 0) is 6.61 Å². The first-order valence-electron chi connectivity index (χ1n) is 10.1. The molecule has 0 radical (unpaired) electrons. The number of nitrogens with zero attached hydrogens (tertiary/aromatic N) is 1. The molecular formula is C23H32N2O. The van der Waals surface area contributed by atoms with E-state index in [1.807, 2.05) is 6.07 Å². The number of hydrogen-bond acceptors (Lipinski definition) is 3. The average Bonchev–Trinajstić information content (AvgIpc) is 2.72. The summed E-state index contributed by atoms with van der Waals surface area (Å²) in [5.74, 6) is 1.04. The molecule has 0 aliphatic carbocycles. The van der Waals surface area contributed by atoms with Gasteiger partial charge >= 0.3 is 0 Å². The minimum Gasteiger partial charge on any atom is -0.489 e. The van der Waals surface area contributed by atoms with E-state index < -0.39 is 0 Å². The van der Waals surface area contributed by atoms with E-state index in [0.717, 1.165) is 31.9 Å². The van der Waals surface area contributed by atoms with Crippen LogP contribution in [0.4, 0.5) is 0 Å². The Bertz CT molecular complexity index is 638. The lowest BCUT2D eigenvalue weighted by atomic mass is 9.97. The fourth-order valence-electron chi connectivity index (χ4n) is 3.74. The highest BCUT2D eigenvalue weighted by Crippen LogP contribution is 2.34. The van der Waals surface area contributed by atoms with Crippen LogP contribution in [0.5, 0.6) is 5.75 Å². The molecule has 1 aliphatic rings. The van der Waals surface area contributed by atoms with Gasteiger partial charge in [-0.2, -0.15) is 0 Å². The summed E-state index contributed by atoms with van der Waals surface area (Å²) in [5, 5.41) is 3.48. The Morgan fingerprint density at radius 2 is 1.69 bits per heavy atom. The van der Waals surface area contributed by atoms with Gasteiger partial charge in [0.05, 0.1) is 0 Å². The zero-order chi connectivity index (χ0) is 18.0. The van der Waals surface area contributed by atoms with Gasteiger partial charge in [0.1, 0.15) is 12.4 Å². The lowest BCUT2D eigenvalue weighted by Gasteiger charge is -2.36. The molecule has 1 fully saturated rings. The van der Waals surface area contributed by atoms with Crippen LogP contribution in [0.3, 0.4) is 0 Å². The van der Waals surface area contributed by atoms with Crippen molar-refractivity contribution in [1.29, 1.82) is 0 Å². The van der Waals surface area contributed by atoms with E-state index >= 15 is 0 Å². The Balaban J connectivity index is 1.76. The summed E-state index contributed by atoms with van der Waals surface area (Å²) in [4.78, 5) is 2.64. The van der Waals surface area contributed by atoms with Crippen LogP contribution in [-0.4, -0.2) is 31.1 Å². The van der Waals surface area contributed by atoms with E-state index in [2.05, 4.69) is 65.7 Å². The number of ether oxygens (including phenoxy) is 1. The number of rotatable bonds is 9. The van der Waals surface area contributed by atoms with Crippen molar-refractivity contribution in [2.45, 2.75) is 45.3 Å². The highest BCUT2D eigenvalue weighted by atomic mass is 16.5. The summed E-state index contributed by atoms with van der Waals surface area (Å²) < 4.78 is 6.26. The maximum Gasteiger partial charge on any atom is 0.124 e. The molecule has 1 aliphatic heterocycles. The van der Waals surface area contributed by atoms with Crippen LogP contribution in [0.15, 0.2) is 54.6 Å². The molecule has 0 bridgehead atoms. The molecule has 0 saturated carbocycles. The number of para-hydroxylation sites is 1. The SMILES string of the molecule is CCCCC[C@@H](c1ccccc1OCc1ccccc1)N1CCNCC1. The fraction of sp³-hybridized carbons (Fsp3) is 0.478. The van der Waals surface area contributed by atoms with Crippen molar-refractivity contribution in [3.05, 3.63) is 65.7 Å². The zero-order valence-corrected chi connectivity index (χ0v) is 16.0. The Hall–Kier alpha value is -1.84. The van der Waals surface area contributed by atoms with Crippen molar-refractivity contribution in [3.63, 3.8) is 0 Å². The van der Waals surface area contributed by atoms with Crippen LogP contribution >= 0.6 is 0 Å². The number of piperazine rings is 1. The predicted molar refractivity (Wildman–Crippen MR) is 109 cm³/mol. The van der Waals surface area contributed by atoms with Gasteiger partial charge in [-0.15, -0.1) is 0 Å². The highest BCUT2D eigenvalue weighted by Gasteiger charge is 2.24. The maximum atomic E-state index is 6.26. The Labute approximate surface area is 158 Å². The van der Waals surface area contributed by atoms with Crippen molar-refractivity contribution < 1.29 is 4.74 Å². The van der Waals surface area contributed by atoms with E-state index in [1.54, 1.807) is 0 Å². The zero-order valence-electron chi connectivity index (χ0n) is 16.0. The quantitative estimate of drug-likeness (QED) is 0.657. The molecule has 0 spiro atoms. The topological polar surface area (TPSA) is 24.5 Å². The summed E-state index contributed by atoms with van der Waals surface area (Å²) in [5.41, 5.74) is 2.56.